The fourth-order valence-electron chi connectivity index (χ4n) is 2.96. The molecule has 0 aliphatic heterocycles. The molecule has 0 aliphatic carbocycles. The minimum absolute atomic E-state index is 0.0538. The van der Waals surface area contributed by atoms with Gasteiger partial charge in [0, 0.05) is 24.8 Å². The molecule has 0 aliphatic rings. The molecule has 132 valence electrons. The van der Waals surface area contributed by atoms with Crippen LogP contribution in [0.15, 0.2) is 84.9 Å². The molecule has 0 spiro atoms. The van der Waals surface area contributed by atoms with Gasteiger partial charge in [0.1, 0.15) is 0 Å². The number of hydrogen-bond acceptors (Lipinski definition) is 2. The Morgan fingerprint density at radius 1 is 0.885 bits per heavy atom. The zero-order valence-electron chi connectivity index (χ0n) is 15.1. The molecule has 1 atom stereocenters. The second-order valence-corrected chi connectivity index (χ2v) is 6.28. The van der Waals surface area contributed by atoms with Crippen molar-refractivity contribution in [2.45, 2.75) is 19.7 Å². The van der Waals surface area contributed by atoms with Crippen LogP contribution < -0.4 is 0 Å². The van der Waals surface area contributed by atoms with Crippen LogP contribution in [0.3, 0.4) is 0 Å². The molecule has 0 saturated heterocycles. The number of methoxy groups -OCH3 is 1. The Morgan fingerprint density at radius 2 is 1.46 bits per heavy atom. The van der Waals surface area contributed by atoms with E-state index in [1.807, 2.05) is 91.9 Å². The molecule has 1 unspecified atom stereocenters. The molecule has 3 aromatic rings. The summed E-state index contributed by atoms with van der Waals surface area (Å²) in [6, 6.07) is 27.4. The molecule has 26 heavy (non-hydrogen) atoms. The van der Waals surface area contributed by atoms with E-state index < -0.39 is 6.23 Å². The highest BCUT2D eigenvalue weighted by molar-refractivity contribution is 5.94. The Kier molecular flexibility index (Phi) is 5.82. The number of benzene rings is 3. The van der Waals surface area contributed by atoms with E-state index in [1.165, 1.54) is 5.56 Å². The first kappa shape index (κ1) is 17.9. The smallest absolute Gasteiger partial charge is 0.256 e. The molecule has 3 rings (SSSR count). The number of rotatable bonds is 6. The molecular weight excluding hydrogens is 322 g/mol. The summed E-state index contributed by atoms with van der Waals surface area (Å²) in [4.78, 5) is 15.0. The van der Waals surface area contributed by atoms with Crippen LogP contribution in [-0.4, -0.2) is 17.9 Å². The predicted octanol–water partition coefficient (Wildman–Crippen LogP) is 4.98. The third kappa shape index (κ3) is 4.19. The lowest BCUT2D eigenvalue weighted by Crippen LogP contribution is -2.35. The molecule has 0 fully saturated rings. The van der Waals surface area contributed by atoms with Crippen LogP contribution in [0.4, 0.5) is 0 Å². The van der Waals surface area contributed by atoms with Crippen LogP contribution in [0.1, 0.15) is 33.3 Å². The van der Waals surface area contributed by atoms with Gasteiger partial charge in [-0.25, -0.2) is 0 Å². The highest BCUT2D eigenvalue weighted by Gasteiger charge is 2.26. The molecule has 3 aromatic carbocycles. The zero-order chi connectivity index (χ0) is 18.4. The van der Waals surface area contributed by atoms with Crippen LogP contribution in [0.25, 0.3) is 0 Å². The summed E-state index contributed by atoms with van der Waals surface area (Å²) >= 11 is 0. The van der Waals surface area contributed by atoms with Gasteiger partial charge in [0.25, 0.3) is 5.91 Å². The largest absolute Gasteiger partial charge is 0.357 e. The van der Waals surface area contributed by atoms with Gasteiger partial charge in [0.2, 0.25) is 0 Å². The van der Waals surface area contributed by atoms with Gasteiger partial charge in [0.05, 0.1) is 0 Å². The third-order valence-corrected chi connectivity index (χ3v) is 4.35. The number of hydrogen-bond donors (Lipinski definition) is 0. The first-order valence-corrected chi connectivity index (χ1v) is 8.68. The Morgan fingerprint density at radius 3 is 2.04 bits per heavy atom. The van der Waals surface area contributed by atoms with Crippen LogP contribution in [0.2, 0.25) is 0 Å². The standard InChI is InChI=1S/C23H23NO2/c1-18-13-15-21(16-14-18)23(26-2)24(17-19-9-5-3-6-10-19)22(25)20-11-7-4-8-12-20/h3-16,23H,17H2,1-2H3. The zero-order valence-corrected chi connectivity index (χ0v) is 15.1. The highest BCUT2D eigenvalue weighted by atomic mass is 16.5. The molecule has 3 heteroatoms. The van der Waals surface area contributed by atoms with E-state index in [0.717, 1.165) is 11.1 Å². The van der Waals surface area contributed by atoms with Crippen molar-refractivity contribution in [3.05, 3.63) is 107 Å². The lowest BCUT2D eigenvalue weighted by atomic mass is 10.1. The summed E-state index contributed by atoms with van der Waals surface area (Å²) in [5.41, 5.74) is 3.84. The first-order chi connectivity index (χ1) is 12.7. The van der Waals surface area contributed by atoms with E-state index in [2.05, 4.69) is 0 Å². The number of amides is 1. The molecule has 0 N–H and O–H groups in total. The Hall–Kier alpha value is -2.91. The summed E-state index contributed by atoms with van der Waals surface area (Å²) in [6.45, 7) is 2.52. The quantitative estimate of drug-likeness (QED) is 0.590. The van der Waals surface area contributed by atoms with Gasteiger partial charge < -0.3 is 9.64 Å². The fourth-order valence-corrected chi connectivity index (χ4v) is 2.96. The van der Waals surface area contributed by atoms with Gasteiger partial charge in [-0.05, 0) is 24.6 Å². The number of carbonyl (C=O) groups excluding carboxylic acids is 1. The minimum Gasteiger partial charge on any atom is -0.357 e. The Balaban J connectivity index is 1.97. The monoisotopic (exact) mass is 345 g/mol. The number of nitrogens with zero attached hydrogens (tertiary/aromatic N) is 1. The van der Waals surface area contributed by atoms with Crippen LogP contribution in [0.5, 0.6) is 0 Å². The summed E-state index contributed by atoms with van der Waals surface area (Å²) in [5, 5.41) is 0. The Labute approximate surface area is 154 Å². The van der Waals surface area contributed by atoms with Gasteiger partial charge in [-0.3, -0.25) is 4.79 Å². The van der Waals surface area contributed by atoms with Gasteiger partial charge in [-0.15, -0.1) is 0 Å². The van der Waals surface area contributed by atoms with E-state index in [0.29, 0.717) is 12.1 Å². The maximum atomic E-state index is 13.2. The molecular formula is C23H23NO2. The van der Waals surface area contributed by atoms with Crippen molar-refractivity contribution in [1.29, 1.82) is 0 Å². The number of carbonyl (C=O) groups is 1. The molecule has 0 saturated carbocycles. The number of aryl methyl sites for hydroxylation is 1. The topological polar surface area (TPSA) is 29.5 Å². The van der Waals surface area contributed by atoms with E-state index in [-0.39, 0.29) is 5.91 Å². The van der Waals surface area contributed by atoms with E-state index in [1.54, 1.807) is 12.0 Å². The maximum Gasteiger partial charge on any atom is 0.256 e. The Bertz CT molecular complexity index is 829. The average molecular weight is 345 g/mol. The average Bonchev–Trinajstić information content (AvgIpc) is 2.70. The SMILES string of the molecule is COC(c1ccc(C)cc1)N(Cc1ccccc1)C(=O)c1ccccc1. The summed E-state index contributed by atoms with van der Waals surface area (Å²) in [5.74, 6) is -0.0538. The first-order valence-electron chi connectivity index (χ1n) is 8.68. The lowest BCUT2D eigenvalue weighted by molar-refractivity contribution is -0.0266. The van der Waals surface area contributed by atoms with Gasteiger partial charge >= 0.3 is 0 Å². The maximum absolute atomic E-state index is 13.2. The fraction of sp³-hybridized carbons (Fsp3) is 0.174. The summed E-state index contributed by atoms with van der Waals surface area (Å²) < 4.78 is 5.76. The lowest BCUT2D eigenvalue weighted by Gasteiger charge is -2.31. The van der Waals surface area contributed by atoms with Crippen LogP contribution >= 0.6 is 0 Å². The minimum atomic E-state index is -0.455. The normalized spacial score (nSPS) is 11.8. The van der Waals surface area contributed by atoms with E-state index in [4.69, 9.17) is 4.74 Å². The second kappa shape index (κ2) is 8.45. The molecule has 3 nitrogen and oxygen atoms in total. The van der Waals surface area contributed by atoms with Gasteiger partial charge in [-0.1, -0.05) is 78.4 Å². The van der Waals surface area contributed by atoms with Crippen LogP contribution in [0, 0.1) is 6.92 Å². The number of ether oxygens (including phenoxy) is 1. The van der Waals surface area contributed by atoms with Crippen molar-refractivity contribution in [3.63, 3.8) is 0 Å². The second-order valence-electron chi connectivity index (χ2n) is 6.28. The van der Waals surface area contributed by atoms with Gasteiger partial charge in [-0.2, -0.15) is 0 Å². The van der Waals surface area contributed by atoms with Crippen molar-refractivity contribution in [2.24, 2.45) is 0 Å². The van der Waals surface area contributed by atoms with Crippen molar-refractivity contribution in [3.8, 4) is 0 Å². The summed E-state index contributed by atoms with van der Waals surface area (Å²) in [7, 11) is 1.64. The molecule has 0 radical (unpaired) electrons. The third-order valence-electron chi connectivity index (χ3n) is 4.35. The molecule has 0 heterocycles. The predicted molar refractivity (Wildman–Crippen MR) is 104 cm³/mol. The molecule has 0 bridgehead atoms. The molecule has 0 aromatic heterocycles. The van der Waals surface area contributed by atoms with Crippen molar-refractivity contribution < 1.29 is 9.53 Å². The van der Waals surface area contributed by atoms with Gasteiger partial charge in [0.15, 0.2) is 6.23 Å². The van der Waals surface area contributed by atoms with Crippen molar-refractivity contribution >= 4 is 5.91 Å². The summed E-state index contributed by atoms with van der Waals surface area (Å²) in [6.07, 6.45) is -0.455. The van der Waals surface area contributed by atoms with Crippen molar-refractivity contribution in [2.75, 3.05) is 7.11 Å². The van der Waals surface area contributed by atoms with E-state index in [9.17, 15) is 4.79 Å². The molecule has 1 amide bonds. The van der Waals surface area contributed by atoms with E-state index >= 15 is 0 Å². The van der Waals surface area contributed by atoms with Crippen molar-refractivity contribution in [1.82, 2.24) is 4.90 Å². The van der Waals surface area contributed by atoms with Crippen LogP contribution in [-0.2, 0) is 11.3 Å². The highest BCUT2D eigenvalue weighted by Crippen LogP contribution is 2.26.